The van der Waals surface area contributed by atoms with E-state index in [1.807, 2.05) is 0 Å². The van der Waals surface area contributed by atoms with Gasteiger partial charge in [-0.2, -0.15) is 0 Å². The first-order valence-corrected chi connectivity index (χ1v) is 14.7. The molecule has 3 heterocycles. The minimum absolute atomic E-state index is 0.108. The van der Waals surface area contributed by atoms with Crippen LogP contribution in [0.15, 0.2) is 39.6 Å². The van der Waals surface area contributed by atoms with Crippen LogP contribution < -0.4 is 11.1 Å². The van der Waals surface area contributed by atoms with Crippen LogP contribution in [0.3, 0.4) is 0 Å². The Labute approximate surface area is 227 Å². The Balaban J connectivity index is 1.40. The van der Waals surface area contributed by atoms with E-state index in [1.165, 1.54) is 50.5 Å². The van der Waals surface area contributed by atoms with Crippen LogP contribution in [-0.2, 0) is 12.0 Å². The summed E-state index contributed by atoms with van der Waals surface area (Å²) < 4.78 is 7.24. The van der Waals surface area contributed by atoms with Gasteiger partial charge in [-0.25, -0.2) is 19.7 Å². The minimum atomic E-state index is -0.621. The van der Waals surface area contributed by atoms with Crippen molar-refractivity contribution < 1.29 is 4.52 Å². The highest BCUT2D eigenvalue weighted by molar-refractivity contribution is 5.86. The highest BCUT2D eigenvalue weighted by atomic mass is 16.5. The molecule has 3 aromatic heterocycles. The van der Waals surface area contributed by atoms with Crippen molar-refractivity contribution in [3.05, 3.63) is 52.3 Å². The number of rotatable bonds is 8. The quantitative estimate of drug-likeness (QED) is 0.303. The molecule has 1 aromatic carbocycles. The predicted octanol–water partition coefficient (Wildman–Crippen LogP) is 5.68. The Bertz CT molecular complexity index is 1520. The summed E-state index contributed by atoms with van der Waals surface area (Å²) in [5, 5.41) is 7.63. The van der Waals surface area contributed by atoms with Crippen LogP contribution in [-0.4, -0.2) is 35.7 Å². The van der Waals surface area contributed by atoms with Gasteiger partial charge in [0.25, 0.3) is 0 Å². The third-order valence-corrected chi connectivity index (χ3v) is 9.56. The van der Waals surface area contributed by atoms with Gasteiger partial charge in [0.1, 0.15) is 11.3 Å². The van der Waals surface area contributed by atoms with Crippen LogP contribution in [0, 0.1) is 17.8 Å². The fourth-order valence-electron chi connectivity index (χ4n) is 6.68. The molecule has 2 N–H and O–H groups in total. The topological polar surface area (TPSA) is 115 Å². The van der Waals surface area contributed by atoms with Gasteiger partial charge in [-0.05, 0) is 68.8 Å². The van der Waals surface area contributed by atoms with Crippen molar-refractivity contribution in [1.82, 2.24) is 29.7 Å². The fraction of sp³-hybridized carbons (Fsp3) is 0.567. The van der Waals surface area contributed by atoms with E-state index in [4.69, 9.17) is 19.5 Å². The van der Waals surface area contributed by atoms with Crippen molar-refractivity contribution >= 4 is 17.0 Å². The molecule has 204 valence electrons. The number of nitrogens with one attached hydrogen (secondary N) is 2. The molecule has 0 radical (unpaired) electrons. The highest BCUT2D eigenvalue weighted by Gasteiger charge is 2.50. The maximum atomic E-state index is 11.7. The maximum absolute atomic E-state index is 11.7. The lowest BCUT2D eigenvalue weighted by Crippen LogP contribution is -2.31. The van der Waals surface area contributed by atoms with Crippen molar-refractivity contribution in [2.24, 2.45) is 17.8 Å². The average Bonchev–Trinajstić information content (AvgIpc) is 3.46. The van der Waals surface area contributed by atoms with E-state index in [0.717, 1.165) is 42.5 Å². The Hall–Kier alpha value is -3.49. The smallest absolute Gasteiger partial charge is 0.365 e. The van der Waals surface area contributed by atoms with Crippen molar-refractivity contribution in [2.45, 2.75) is 89.6 Å². The molecule has 0 unspecified atom stereocenters. The molecule has 0 spiro atoms. The summed E-state index contributed by atoms with van der Waals surface area (Å²) in [6.45, 7) is 5.53. The summed E-state index contributed by atoms with van der Waals surface area (Å²) in [4.78, 5) is 29.4. The molecule has 4 aromatic rings. The highest BCUT2D eigenvalue weighted by Crippen LogP contribution is 2.54. The van der Waals surface area contributed by atoms with Gasteiger partial charge in [0.15, 0.2) is 11.5 Å². The van der Waals surface area contributed by atoms with E-state index >= 15 is 0 Å². The number of hydrogen-bond donors (Lipinski definition) is 2. The number of aromatic nitrogens is 6. The SMILES string of the molecule is CC1CCC(Cn2c(C3(c4ccccc4)CC3)nc3nc(-c4noc(=O)[nH]4)nc(N[C@H](C)C4CCC4)c32)CC1. The van der Waals surface area contributed by atoms with Crippen LogP contribution in [0.1, 0.15) is 83.0 Å². The Morgan fingerprint density at radius 3 is 2.49 bits per heavy atom. The second kappa shape index (κ2) is 9.61. The third-order valence-electron chi connectivity index (χ3n) is 9.56. The van der Waals surface area contributed by atoms with Crippen molar-refractivity contribution in [1.29, 1.82) is 0 Å². The number of nitrogens with zero attached hydrogens (tertiary/aromatic N) is 5. The zero-order chi connectivity index (χ0) is 26.6. The molecule has 3 aliphatic rings. The number of benzene rings is 1. The lowest BCUT2D eigenvalue weighted by Gasteiger charge is -2.32. The van der Waals surface area contributed by atoms with Gasteiger partial charge in [-0.3, -0.25) is 9.51 Å². The Morgan fingerprint density at radius 1 is 1.08 bits per heavy atom. The van der Waals surface area contributed by atoms with Gasteiger partial charge >= 0.3 is 5.76 Å². The van der Waals surface area contributed by atoms with E-state index in [-0.39, 0.29) is 17.3 Å². The predicted molar refractivity (Wildman–Crippen MR) is 149 cm³/mol. The molecule has 3 fully saturated rings. The summed E-state index contributed by atoms with van der Waals surface area (Å²) in [7, 11) is 0. The molecule has 3 aliphatic carbocycles. The summed E-state index contributed by atoms with van der Waals surface area (Å²) in [6.07, 6.45) is 10.9. The number of H-pyrrole nitrogens is 1. The maximum Gasteiger partial charge on any atom is 0.439 e. The summed E-state index contributed by atoms with van der Waals surface area (Å²) in [6, 6.07) is 11.1. The lowest BCUT2D eigenvalue weighted by molar-refractivity contribution is 0.264. The Morgan fingerprint density at radius 2 is 1.85 bits per heavy atom. The Kier molecular flexibility index (Phi) is 6.05. The van der Waals surface area contributed by atoms with Crippen LogP contribution >= 0.6 is 0 Å². The zero-order valence-electron chi connectivity index (χ0n) is 22.8. The summed E-state index contributed by atoms with van der Waals surface area (Å²) >= 11 is 0. The van der Waals surface area contributed by atoms with Gasteiger partial charge in [-0.1, -0.05) is 61.7 Å². The number of aromatic amines is 1. The normalized spacial score (nSPS) is 23.4. The molecule has 9 heteroatoms. The number of anilines is 1. The average molecular weight is 528 g/mol. The second-order valence-electron chi connectivity index (χ2n) is 12.3. The van der Waals surface area contributed by atoms with E-state index < -0.39 is 5.76 Å². The van der Waals surface area contributed by atoms with Crippen molar-refractivity contribution in [3.8, 4) is 11.6 Å². The third kappa shape index (κ3) is 4.45. The molecule has 0 aliphatic heterocycles. The van der Waals surface area contributed by atoms with E-state index in [2.05, 4.69) is 64.2 Å². The first-order chi connectivity index (χ1) is 19.0. The number of hydrogen-bond acceptors (Lipinski definition) is 7. The molecular weight excluding hydrogens is 490 g/mol. The molecular formula is C30H37N7O2. The summed E-state index contributed by atoms with van der Waals surface area (Å²) in [5.74, 6) is 3.81. The fourth-order valence-corrected chi connectivity index (χ4v) is 6.68. The molecule has 0 amide bonds. The van der Waals surface area contributed by atoms with E-state index in [0.29, 0.717) is 23.3 Å². The van der Waals surface area contributed by atoms with Crippen molar-refractivity contribution in [2.75, 3.05) is 5.32 Å². The number of imidazole rings is 1. The minimum Gasteiger partial charge on any atom is -0.365 e. The van der Waals surface area contributed by atoms with Crippen LogP contribution in [0.4, 0.5) is 5.82 Å². The molecule has 0 bridgehead atoms. The van der Waals surface area contributed by atoms with Crippen molar-refractivity contribution in [3.63, 3.8) is 0 Å². The largest absolute Gasteiger partial charge is 0.439 e. The monoisotopic (exact) mass is 527 g/mol. The first-order valence-electron chi connectivity index (χ1n) is 14.7. The zero-order valence-corrected chi connectivity index (χ0v) is 22.8. The van der Waals surface area contributed by atoms with Gasteiger partial charge in [0.2, 0.25) is 11.6 Å². The molecule has 1 atom stereocenters. The van der Waals surface area contributed by atoms with Crippen LogP contribution in [0.2, 0.25) is 0 Å². The molecule has 3 saturated carbocycles. The molecule has 39 heavy (non-hydrogen) atoms. The van der Waals surface area contributed by atoms with Crippen LogP contribution in [0.5, 0.6) is 0 Å². The lowest BCUT2D eigenvalue weighted by atomic mass is 9.80. The van der Waals surface area contributed by atoms with E-state index in [1.54, 1.807) is 0 Å². The molecule has 7 rings (SSSR count). The first kappa shape index (κ1) is 24.5. The van der Waals surface area contributed by atoms with Gasteiger partial charge < -0.3 is 9.88 Å². The van der Waals surface area contributed by atoms with Crippen LogP contribution in [0.25, 0.3) is 22.8 Å². The van der Waals surface area contributed by atoms with Gasteiger partial charge in [-0.15, -0.1) is 0 Å². The standard InChI is InChI=1S/C30H37N7O2/c1-18-11-13-20(14-12-18)17-37-23-24(31-19(2)21-7-6-8-21)32-26(27-35-29(38)39-36-27)33-25(23)34-28(37)30(15-16-30)22-9-4-3-5-10-22/h3-5,9-10,18-21H,6-8,11-17H2,1-2H3,(H,31,32,33)(H,35,36,38)/t18?,19-,20?/m1/s1. The van der Waals surface area contributed by atoms with E-state index in [9.17, 15) is 4.79 Å². The van der Waals surface area contributed by atoms with Gasteiger partial charge in [0.05, 0.1) is 5.41 Å². The molecule has 0 saturated heterocycles. The van der Waals surface area contributed by atoms with Gasteiger partial charge in [0, 0.05) is 12.6 Å². The molecule has 9 nitrogen and oxygen atoms in total. The summed E-state index contributed by atoms with van der Waals surface area (Å²) in [5.41, 5.74) is 2.81. The second-order valence-corrected chi connectivity index (χ2v) is 12.3. The number of fused-ring (bicyclic) bond motifs is 1.